The maximum Gasteiger partial charge on any atom is 0.147 e. The van der Waals surface area contributed by atoms with Gasteiger partial charge in [-0.05, 0) is 18.1 Å². The lowest BCUT2D eigenvalue weighted by Crippen LogP contribution is -2.10. The van der Waals surface area contributed by atoms with E-state index in [1.54, 1.807) is 6.20 Å². The molecule has 0 spiro atoms. The fraction of sp³-hybridized carbons (Fsp3) is 0.444. The molecule has 0 unspecified atom stereocenters. The van der Waals surface area contributed by atoms with Crippen molar-refractivity contribution < 1.29 is 0 Å². The van der Waals surface area contributed by atoms with Crippen LogP contribution in [0.4, 0.5) is 0 Å². The zero-order valence-corrected chi connectivity index (χ0v) is 6.99. The van der Waals surface area contributed by atoms with Gasteiger partial charge < -0.3 is 0 Å². The molecule has 0 aromatic rings. The summed E-state index contributed by atoms with van der Waals surface area (Å²) in [6.45, 7) is 5.15. The van der Waals surface area contributed by atoms with Crippen LogP contribution in [0.15, 0.2) is 29.4 Å². The molecule has 0 aromatic heterocycles. The fourth-order valence-corrected chi connectivity index (χ4v) is 0.723. The van der Waals surface area contributed by atoms with Crippen molar-refractivity contribution in [2.75, 3.05) is 6.54 Å². The van der Waals surface area contributed by atoms with Crippen LogP contribution in [0.3, 0.4) is 0 Å². The fourth-order valence-electron chi connectivity index (χ4n) is 0.723. The second kappa shape index (κ2) is 3.96. The van der Waals surface area contributed by atoms with Crippen LogP contribution in [-0.2, 0) is 0 Å². The molecule has 1 aliphatic rings. The first kappa shape index (κ1) is 8.05. The van der Waals surface area contributed by atoms with Crippen LogP contribution in [0.25, 0.3) is 0 Å². The molecule has 59 valence electrons. The average Bonchev–Trinajstić information content (AvgIpc) is 2.03. The minimum Gasteiger partial charge on any atom is -0.267 e. The largest absolute Gasteiger partial charge is 0.267 e. The predicted molar refractivity (Wildman–Crippen MR) is 47.6 cm³/mol. The van der Waals surface area contributed by atoms with Gasteiger partial charge in [0.1, 0.15) is 5.84 Å². The number of allylic oxidation sites excluding steroid dienone is 2. The SMILES string of the molecule is CC(C)C/N=C1\C=CC=C[N]1. The summed E-state index contributed by atoms with van der Waals surface area (Å²) < 4.78 is 0. The van der Waals surface area contributed by atoms with Gasteiger partial charge in [0, 0.05) is 12.7 Å². The molecule has 0 fully saturated rings. The van der Waals surface area contributed by atoms with Crippen molar-refractivity contribution in [1.82, 2.24) is 5.32 Å². The van der Waals surface area contributed by atoms with Crippen LogP contribution < -0.4 is 5.32 Å². The Morgan fingerprint density at radius 2 is 2.27 bits per heavy atom. The zero-order valence-electron chi connectivity index (χ0n) is 6.99. The molecule has 2 heteroatoms. The van der Waals surface area contributed by atoms with E-state index in [0.29, 0.717) is 5.92 Å². The Labute approximate surface area is 67.7 Å². The number of rotatable bonds is 2. The minimum absolute atomic E-state index is 0.608. The number of nitrogens with zero attached hydrogens (tertiary/aromatic N) is 2. The Balaban J connectivity index is 2.41. The van der Waals surface area contributed by atoms with Crippen LogP contribution in [0, 0.1) is 5.92 Å². The highest BCUT2D eigenvalue weighted by Crippen LogP contribution is 1.95. The molecular formula is C9H13N2. The van der Waals surface area contributed by atoms with E-state index in [1.165, 1.54) is 0 Å². The zero-order chi connectivity index (χ0) is 8.10. The van der Waals surface area contributed by atoms with E-state index in [9.17, 15) is 0 Å². The van der Waals surface area contributed by atoms with Crippen molar-refractivity contribution in [1.29, 1.82) is 0 Å². The summed E-state index contributed by atoms with van der Waals surface area (Å²) in [5.41, 5.74) is 0. The maximum atomic E-state index is 4.29. The van der Waals surface area contributed by atoms with E-state index in [4.69, 9.17) is 0 Å². The molecule has 0 saturated carbocycles. The van der Waals surface area contributed by atoms with E-state index in [2.05, 4.69) is 24.2 Å². The third-order valence-electron chi connectivity index (χ3n) is 1.27. The first-order valence-corrected chi connectivity index (χ1v) is 3.87. The molecule has 0 aliphatic carbocycles. The van der Waals surface area contributed by atoms with Crippen LogP contribution >= 0.6 is 0 Å². The minimum atomic E-state index is 0.608. The van der Waals surface area contributed by atoms with Crippen LogP contribution in [0.1, 0.15) is 13.8 Å². The first-order valence-electron chi connectivity index (χ1n) is 3.87. The highest BCUT2D eigenvalue weighted by atomic mass is 15.0. The third-order valence-corrected chi connectivity index (χ3v) is 1.27. The first-order chi connectivity index (χ1) is 5.29. The van der Waals surface area contributed by atoms with E-state index in [1.807, 2.05) is 18.2 Å². The van der Waals surface area contributed by atoms with Gasteiger partial charge in [-0.2, -0.15) is 0 Å². The van der Waals surface area contributed by atoms with Gasteiger partial charge in [0.15, 0.2) is 0 Å². The Morgan fingerprint density at radius 3 is 2.82 bits per heavy atom. The highest BCUT2D eigenvalue weighted by molar-refractivity contribution is 5.94. The van der Waals surface area contributed by atoms with Crippen molar-refractivity contribution >= 4 is 5.84 Å². The van der Waals surface area contributed by atoms with E-state index in [0.717, 1.165) is 12.4 Å². The summed E-state index contributed by atoms with van der Waals surface area (Å²) in [4.78, 5) is 4.29. The molecule has 1 heterocycles. The molecule has 0 saturated heterocycles. The molecule has 0 aromatic carbocycles. The second-order valence-electron chi connectivity index (χ2n) is 2.92. The number of hydrogen-bond donors (Lipinski definition) is 0. The van der Waals surface area contributed by atoms with Crippen LogP contribution in [0.5, 0.6) is 0 Å². The third kappa shape index (κ3) is 3.03. The molecule has 0 N–H and O–H groups in total. The average molecular weight is 149 g/mol. The smallest absolute Gasteiger partial charge is 0.147 e. The van der Waals surface area contributed by atoms with Gasteiger partial charge in [-0.1, -0.05) is 19.9 Å². The molecule has 11 heavy (non-hydrogen) atoms. The molecule has 0 amide bonds. The van der Waals surface area contributed by atoms with Gasteiger partial charge in [0.05, 0.1) is 0 Å². The summed E-state index contributed by atoms with van der Waals surface area (Å²) in [6, 6.07) is 0. The van der Waals surface area contributed by atoms with Crippen molar-refractivity contribution in [2.24, 2.45) is 10.9 Å². The lowest BCUT2D eigenvalue weighted by atomic mass is 10.2. The number of aliphatic imine (C=N–C) groups is 1. The van der Waals surface area contributed by atoms with E-state index in [-0.39, 0.29) is 0 Å². The molecule has 1 rings (SSSR count). The standard InChI is InChI=1S/C9H13N2/c1-8(2)7-11-9-5-3-4-6-10-9/h3-6,8H,7H2,1-2H3/b11-9+. The van der Waals surface area contributed by atoms with E-state index < -0.39 is 0 Å². The van der Waals surface area contributed by atoms with Crippen LogP contribution in [-0.4, -0.2) is 12.4 Å². The van der Waals surface area contributed by atoms with Crippen molar-refractivity contribution in [3.8, 4) is 0 Å². The molecule has 0 bridgehead atoms. The lowest BCUT2D eigenvalue weighted by Gasteiger charge is -2.02. The van der Waals surface area contributed by atoms with Gasteiger partial charge in [-0.3, -0.25) is 4.99 Å². The lowest BCUT2D eigenvalue weighted by molar-refractivity contribution is 0.664. The summed E-state index contributed by atoms with van der Waals surface area (Å²) in [5.74, 6) is 1.44. The maximum absolute atomic E-state index is 4.29. The molecular weight excluding hydrogens is 136 g/mol. The van der Waals surface area contributed by atoms with Crippen molar-refractivity contribution in [2.45, 2.75) is 13.8 Å². The van der Waals surface area contributed by atoms with E-state index >= 15 is 0 Å². The number of amidine groups is 1. The van der Waals surface area contributed by atoms with Crippen molar-refractivity contribution in [3.63, 3.8) is 0 Å². The van der Waals surface area contributed by atoms with Gasteiger partial charge in [0.2, 0.25) is 0 Å². The topological polar surface area (TPSA) is 26.5 Å². The Kier molecular flexibility index (Phi) is 2.90. The number of hydrogen-bond acceptors (Lipinski definition) is 1. The van der Waals surface area contributed by atoms with Crippen LogP contribution in [0.2, 0.25) is 0 Å². The summed E-state index contributed by atoms with van der Waals surface area (Å²) in [7, 11) is 0. The molecule has 2 nitrogen and oxygen atoms in total. The summed E-state index contributed by atoms with van der Waals surface area (Å²) in [6.07, 6.45) is 7.53. The van der Waals surface area contributed by atoms with Gasteiger partial charge in [-0.25, -0.2) is 5.32 Å². The molecule has 0 atom stereocenters. The molecule has 1 radical (unpaired) electrons. The second-order valence-corrected chi connectivity index (χ2v) is 2.92. The predicted octanol–water partition coefficient (Wildman–Crippen LogP) is 1.73. The summed E-state index contributed by atoms with van der Waals surface area (Å²) >= 11 is 0. The Hall–Kier alpha value is -1.05. The summed E-state index contributed by atoms with van der Waals surface area (Å²) in [5, 5.41) is 4.08. The monoisotopic (exact) mass is 149 g/mol. The highest BCUT2D eigenvalue weighted by Gasteiger charge is 1.96. The quantitative estimate of drug-likeness (QED) is 0.571. The Morgan fingerprint density at radius 1 is 1.45 bits per heavy atom. The van der Waals surface area contributed by atoms with Gasteiger partial charge in [-0.15, -0.1) is 0 Å². The molecule has 1 aliphatic heterocycles. The Bertz CT molecular complexity index is 200. The van der Waals surface area contributed by atoms with Crippen molar-refractivity contribution in [3.05, 3.63) is 24.4 Å². The van der Waals surface area contributed by atoms with Gasteiger partial charge >= 0.3 is 0 Å². The normalized spacial score (nSPS) is 19.4. The van der Waals surface area contributed by atoms with Gasteiger partial charge in [0.25, 0.3) is 0 Å².